The third-order valence-corrected chi connectivity index (χ3v) is 7.04. The number of carbonyl (C=O) groups excluding carboxylic acids is 2. The molecular formula is C25H36N4O2S. The summed E-state index contributed by atoms with van der Waals surface area (Å²) < 4.78 is 0. The van der Waals surface area contributed by atoms with Crippen molar-refractivity contribution in [3.8, 4) is 0 Å². The molecule has 1 fully saturated rings. The van der Waals surface area contributed by atoms with Crippen molar-refractivity contribution >= 4 is 34.3 Å². The van der Waals surface area contributed by atoms with E-state index in [-0.39, 0.29) is 17.9 Å². The first kappa shape index (κ1) is 24.6. The highest BCUT2D eigenvalue weighted by Crippen LogP contribution is 2.23. The fraction of sp³-hybridized carbons (Fsp3) is 0.520. The molecule has 0 saturated carbocycles. The van der Waals surface area contributed by atoms with Crippen LogP contribution in [0.1, 0.15) is 43.5 Å². The van der Waals surface area contributed by atoms with Crippen molar-refractivity contribution in [1.82, 2.24) is 15.1 Å². The first-order valence-corrected chi connectivity index (χ1v) is 12.7. The second-order valence-electron chi connectivity index (χ2n) is 8.58. The van der Waals surface area contributed by atoms with Crippen LogP contribution in [0.25, 0.3) is 10.8 Å². The molecular weight excluding hydrogens is 420 g/mol. The Morgan fingerprint density at radius 1 is 1.19 bits per heavy atom. The lowest BCUT2D eigenvalue weighted by atomic mass is 10.0. The van der Waals surface area contributed by atoms with Gasteiger partial charge < -0.3 is 16.0 Å². The molecule has 0 spiro atoms. The Bertz CT molecular complexity index is 901. The summed E-state index contributed by atoms with van der Waals surface area (Å²) in [5.74, 6) is 1.50. The normalized spacial score (nSPS) is 18.0. The van der Waals surface area contributed by atoms with Gasteiger partial charge in [-0.2, -0.15) is 0 Å². The Labute approximate surface area is 195 Å². The van der Waals surface area contributed by atoms with E-state index in [2.05, 4.69) is 29.3 Å². The van der Waals surface area contributed by atoms with Gasteiger partial charge in [-0.1, -0.05) is 56.2 Å². The summed E-state index contributed by atoms with van der Waals surface area (Å²) in [6.07, 6.45) is 3.35. The van der Waals surface area contributed by atoms with Gasteiger partial charge in [-0.15, -0.1) is 11.8 Å². The summed E-state index contributed by atoms with van der Waals surface area (Å²) in [6.45, 7) is 6.85. The molecule has 174 valence electrons. The number of thioether (sulfide) groups is 1. The average molecular weight is 457 g/mol. The molecule has 1 heterocycles. The van der Waals surface area contributed by atoms with Gasteiger partial charge in [0, 0.05) is 56.5 Å². The number of unbranched alkanes of at least 4 members (excludes halogenated alkanes) is 1. The van der Waals surface area contributed by atoms with Crippen molar-refractivity contribution in [2.75, 3.05) is 37.8 Å². The summed E-state index contributed by atoms with van der Waals surface area (Å²) in [4.78, 5) is 28.9. The third-order valence-electron chi connectivity index (χ3n) is 6.03. The van der Waals surface area contributed by atoms with E-state index in [0.717, 1.165) is 67.5 Å². The number of nitrogens with zero attached hydrogens (tertiary/aromatic N) is 2. The Morgan fingerprint density at radius 2 is 1.97 bits per heavy atom. The quantitative estimate of drug-likeness (QED) is 0.424. The minimum absolute atomic E-state index is 0.0160. The SMILES string of the molecule is CCCCC1CN(C(=O)c2cccc3ccccc23)CCN1CC(N)CSCNC(C)=O. The van der Waals surface area contributed by atoms with E-state index in [1.165, 1.54) is 6.92 Å². The van der Waals surface area contributed by atoms with Crippen LogP contribution >= 0.6 is 11.8 Å². The monoisotopic (exact) mass is 456 g/mol. The maximum absolute atomic E-state index is 13.4. The molecule has 6 nitrogen and oxygen atoms in total. The minimum atomic E-state index is -0.0160. The van der Waals surface area contributed by atoms with Gasteiger partial charge >= 0.3 is 0 Å². The zero-order valence-electron chi connectivity index (χ0n) is 19.3. The van der Waals surface area contributed by atoms with Crippen molar-refractivity contribution in [2.24, 2.45) is 5.73 Å². The van der Waals surface area contributed by atoms with Crippen LogP contribution in [0.3, 0.4) is 0 Å². The highest BCUT2D eigenvalue weighted by Gasteiger charge is 2.30. The van der Waals surface area contributed by atoms with Gasteiger partial charge in [0.25, 0.3) is 5.91 Å². The van der Waals surface area contributed by atoms with Crippen molar-refractivity contribution < 1.29 is 9.59 Å². The van der Waals surface area contributed by atoms with Crippen LogP contribution < -0.4 is 11.1 Å². The van der Waals surface area contributed by atoms with Gasteiger partial charge in [0.1, 0.15) is 0 Å². The van der Waals surface area contributed by atoms with Crippen LogP contribution in [0.2, 0.25) is 0 Å². The van der Waals surface area contributed by atoms with Crippen molar-refractivity contribution in [1.29, 1.82) is 0 Å². The van der Waals surface area contributed by atoms with Gasteiger partial charge in [-0.3, -0.25) is 14.5 Å². The fourth-order valence-electron chi connectivity index (χ4n) is 4.33. The molecule has 7 heteroatoms. The van der Waals surface area contributed by atoms with E-state index in [9.17, 15) is 9.59 Å². The van der Waals surface area contributed by atoms with E-state index >= 15 is 0 Å². The number of carbonyl (C=O) groups is 2. The van der Waals surface area contributed by atoms with E-state index in [1.54, 1.807) is 11.8 Å². The number of amides is 2. The number of benzene rings is 2. The molecule has 3 N–H and O–H groups in total. The maximum Gasteiger partial charge on any atom is 0.254 e. The van der Waals surface area contributed by atoms with E-state index in [0.29, 0.717) is 11.9 Å². The van der Waals surface area contributed by atoms with E-state index in [1.807, 2.05) is 35.2 Å². The topological polar surface area (TPSA) is 78.7 Å². The number of nitrogens with one attached hydrogen (secondary N) is 1. The van der Waals surface area contributed by atoms with Crippen LogP contribution in [0.5, 0.6) is 0 Å². The van der Waals surface area contributed by atoms with Gasteiger partial charge in [0.05, 0.1) is 5.88 Å². The highest BCUT2D eigenvalue weighted by molar-refractivity contribution is 7.99. The summed E-state index contributed by atoms with van der Waals surface area (Å²) in [5.41, 5.74) is 7.19. The molecule has 2 aromatic rings. The van der Waals surface area contributed by atoms with Gasteiger partial charge in [-0.25, -0.2) is 0 Å². The first-order chi connectivity index (χ1) is 15.5. The van der Waals surface area contributed by atoms with E-state index in [4.69, 9.17) is 5.73 Å². The summed E-state index contributed by atoms with van der Waals surface area (Å²) >= 11 is 1.65. The van der Waals surface area contributed by atoms with Crippen LogP contribution in [-0.4, -0.2) is 71.5 Å². The zero-order valence-corrected chi connectivity index (χ0v) is 20.1. The maximum atomic E-state index is 13.4. The molecule has 0 radical (unpaired) electrons. The lowest BCUT2D eigenvalue weighted by Crippen LogP contribution is -2.57. The molecule has 2 amide bonds. The molecule has 32 heavy (non-hydrogen) atoms. The van der Waals surface area contributed by atoms with Crippen molar-refractivity contribution in [2.45, 2.75) is 45.2 Å². The molecule has 2 atom stereocenters. The van der Waals surface area contributed by atoms with Crippen molar-refractivity contribution in [3.05, 3.63) is 48.0 Å². The van der Waals surface area contributed by atoms with Crippen LogP contribution in [0, 0.1) is 0 Å². The summed E-state index contributed by atoms with van der Waals surface area (Å²) in [5, 5.41) is 4.92. The molecule has 0 bridgehead atoms. The number of nitrogens with two attached hydrogens (primary N) is 1. The Hall–Kier alpha value is -2.09. The molecule has 3 rings (SSSR count). The molecule has 1 aliphatic heterocycles. The molecule has 2 unspecified atom stereocenters. The van der Waals surface area contributed by atoms with Gasteiger partial charge in [0.2, 0.25) is 5.91 Å². The first-order valence-electron chi connectivity index (χ1n) is 11.6. The van der Waals surface area contributed by atoms with Crippen molar-refractivity contribution in [3.63, 3.8) is 0 Å². The number of rotatable bonds is 10. The predicted octanol–water partition coefficient (Wildman–Crippen LogP) is 3.31. The minimum Gasteiger partial charge on any atom is -0.347 e. The number of hydrogen-bond acceptors (Lipinski definition) is 5. The van der Waals surface area contributed by atoms with Gasteiger partial charge in [0.15, 0.2) is 0 Å². The third kappa shape index (κ3) is 6.70. The predicted molar refractivity (Wildman–Crippen MR) is 134 cm³/mol. The number of fused-ring (bicyclic) bond motifs is 1. The number of piperazine rings is 1. The highest BCUT2D eigenvalue weighted by atomic mass is 32.2. The molecule has 2 aromatic carbocycles. The van der Waals surface area contributed by atoms with Crippen LogP contribution in [0.4, 0.5) is 0 Å². The molecule has 1 saturated heterocycles. The standard InChI is InChI=1S/C25H36N4O2S/c1-3-4-10-22-16-29(14-13-28(22)15-21(26)17-32-18-27-19(2)30)25(31)24-12-7-9-20-8-5-6-11-23(20)24/h5-9,11-12,21-22H,3-4,10,13-18,26H2,1-2H3,(H,27,30). The molecule has 0 aliphatic carbocycles. The Kier molecular flexibility index (Phi) is 9.38. The smallest absolute Gasteiger partial charge is 0.254 e. The number of hydrogen-bond donors (Lipinski definition) is 2. The lowest BCUT2D eigenvalue weighted by Gasteiger charge is -2.42. The van der Waals surface area contributed by atoms with Gasteiger partial charge in [-0.05, 0) is 23.3 Å². The second-order valence-corrected chi connectivity index (χ2v) is 9.61. The summed E-state index contributed by atoms with van der Waals surface area (Å²) in [7, 11) is 0. The van der Waals surface area contributed by atoms with E-state index < -0.39 is 0 Å². The largest absolute Gasteiger partial charge is 0.347 e. The molecule has 0 aromatic heterocycles. The van der Waals surface area contributed by atoms with Crippen LogP contribution in [-0.2, 0) is 4.79 Å². The molecule has 1 aliphatic rings. The fourth-order valence-corrected chi connectivity index (χ4v) is 5.16. The average Bonchev–Trinajstić information content (AvgIpc) is 2.80. The Balaban J connectivity index is 1.63. The second kappa shape index (κ2) is 12.2. The zero-order chi connectivity index (χ0) is 22.9. The summed E-state index contributed by atoms with van der Waals surface area (Å²) in [6, 6.07) is 14.4. The van der Waals surface area contributed by atoms with Crippen LogP contribution in [0.15, 0.2) is 42.5 Å². The lowest BCUT2D eigenvalue weighted by molar-refractivity contribution is -0.118. The Morgan fingerprint density at radius 3 is 2.75 bits per heavy atom.